The van der Waals surface area contributed by atoms with Crippen LogP contribution in [0.25, 0.3) is 6.08 Å². The summed E-state index contributed by atoms with van der Waals surface area (Å²) in [5.41, 5.74) is 0.697. The van der Waals surface area contributed by atoms with Crippen molar-refractivity contribution < 1.29 is 22.7 Å². The number of benzene rings is 1. The van der Waals surface area contributed by atoms with E-state index < -0.39 is 10.0 Å². The second-order valence-electron chi connectivity index (χ2n) is 5.17. The number of sulfonamides is 1. The molecule has 1 heterocycles. The summed E-state index contributed by atoms with van der Waals surface area (Å²) >= 11 is 0. The molecule has 0 radical (unpaired) electrons. The summed E-state index contributed by atoms with van der Waals surface area (Å²) in [7, 11) is -3.64. The SMILES string of the molecule is O=C(/C=C/c1ccc(S(=O)(=O)NCc2ccco2)cc1)NCCCO. The van der Waals surface area contributed by atoms with Crippen LogP contribution in [0.15, 0.2) is 58.1 Å². The molecule has 25 heavy (non-hydrogen) atoms. The number of rotatable bonds is 9. The van der Waals surface area contributed by atoms with Gasteiger partial charge in [-0.1, -0.05) is 12.1 Å². The average Bonchev–Trinajstić information content (AvgIpc) is 3.12. The first-order chi connectivity index (χ1) is 12.0. The van der Waals surface area contributed by atoms with Gasteiger partial charge in [0, 0.05) is 19.2 Å². The molecule has 1 amide bonds. The predicted octanol–water partition coefficient (Wildman–Crippen LogP) is 1.27. The van der Waals surface area contributed by atoms with E-state index in [-0.39, 0.29) is 24.0 Å². The van der Waals surface area contributed by atoms with E-state index in [1.807, 2.05) is 0 Å². The normalized spacial score (nSPS) is 11.7. The van der Waals surface area contributed by atoms with E-state index in [0.717, 1.165) is 0 Å². The van der Waals surface area contributed by atoms with Crippen LogP contribution in [0.4, 0.5) is 0 Å². The third-order valence-electron chi connectivity index (χ3n) is 3.27. The molecule has 1 aromatic heterocycles. The largest absolute Gasteiger partial charge is 0.468 e. The summed E-state index contributed by atoms with van der Waals surface area (Å²) in [6.45, 7) is 0.497. The number of aliphatic hydroxyl groups excluding tert-OH is 1. The molecular weight excluding hydrogens is 344 g/mol. The Hall–Kier alpha value is -2.42. The van der Waals surface area contributed by atoms with Gasteiger partial charge in [-0.15, -0.1) is 0 Å². The van der Waals surface area contributed by atoms with Gasteiger partial charge in [-0.05, 0) is 42.3 Å². The molecule has 2 rings (SSSR count). The van der Waals surface area contributed by atoms with Crippen LogP contribution in [-0.2, 0) is 21.4 Å². The van der Waals surface area contributed by atoms with E-state index in [2.05, 4.69) is 10.0 Å². The fourth-order valence-electron chi connectivity index (χ4n) is 1.94. The standard InChI is InChI=1S/C17H20N2O5S/c20-11-2-10-18-17(21)9-6-14-4-7-16(8-5-14)25(22,23)19-13-15-3-1-12-24-15/h1,3-9,12,19-20H,2,10-11,13H2,(H,18,21)/b9-6+. The lowest BCUT2D eigenvalue weighted by Gasteiger charge is -2.05. The average molecular weight is 364 g/mol. The highest BCUT2D eigenvalue weighted by Gasteiger charge is 2.13. The molecule has 0 unspecified atom stereocenters. The number of carbonyl (C=O) groups is 1. The molecule has 1 aromatic carbocycles. The van der Waals surface area contributed by atoms with Crippen LogP contribution in [0.1, 0.15) is 17.7 Å². The maximum absolute atomic E-state index is 12.2. The summed E-state index contributed by atoms with van der Waals surface area (Å²) in [5, 5.41) is 11.3. The second-order valence-corrected chi connectivity index (χ2v) is 6.94. The molecule has 8 heteroatoms. The second kappa shape index (κ2) is 9.16. The van der Waals surface area contributed by atoms with Crippen LogP contribution in [0.3, 0.4) is 0 Å². The van der Waals surface area contributed by atoms with Crippen LogP contribution in [0.5, 0.6) is 0 Å². The fraction of sp³-hybridized carbons (Fsp3) is 0.235. The quantitative estimate of drug-likeness (QED) is 0.459. The molecule has 0 aliphatic carbocycles. The lowest BCUT2D eigenvalue weighted by molar-refractivity contribution is -0.116. The van der Waals surface area contributed by atoms with Crippen molar-refractivity contribution in [3.05, 3.63) is 60.1 Å². The maximum atomic E-state index is 12.2. The van der Waals surface area contributed by atoms with Crippen molar-refractivity contribution in [2.45, 2.75) is 17.9 Å². The minimum Gasteiger partial charge on any atom is -0.468 e. The van der Waals surface area contributed by atoms with Crippen LogP contribution in [-0.4, -0.2) is 32.6 Å². The number of carbonyl (C=O) groups excluding carboxylic acids is 1. The van der Waals surface area contributed by atoms with Gasteiger partial charge in [-0.3, -0.25) is 4.79 Å². The molecule has 0 atom stereocenters. The van der Waals surface area contributed by atoms with Gasteiger partial charge in [0.2, 0.25) is 15.9 Å². The number of aliphatic hydroxyl groups is 1. The molecule has 0 spiro atoms. The molecule has 0 aliphatic rings. The van der Waals surface area contributed by atoms with Gasteiger partial charge < -0.3 is 14.8 Å². The van der Waals surface area contributed by atoms with E-state index in [0.29, 0.717) is 24.3 Å². The van der Waals surface area contributed by atoms with Gasteiger partial charge in [0.1, 0.15) is 5.76 Å². The Kier molecular flexibility index (Phi) is 6.93. The monoisotopic (exact) mass is 364 g/mol. The highest BCUT2D eigenvalue weighted by molar-refractivity contribution is 7.89. The van der Waals surface area contributed by atoms with Gasteiger partial charge in [0.15, 0.2) is 0 Å². The maximum Gasteiger partial charge on any atom is 0.244 e. The number of furan rings is 1. The van der Waals surface area contributed by atoms with E-state index in [4.69, 9.17) is 9.52 Å². The number of nitrogens with one attached hydrogen (secondary N) is 2. The molecule has 134 valence electrons. The Morgan fingerprint density at radius 2 is 1.96 bits per heavy atom. The molecular formula is C17H20N2O5S. The third kappa shape index (κ3) is 6.18. The van der Waals surface area contributed by atoms with Gasteiger partial charge >= 0.3 is 0 Å². The van der Waals surface area contributed by atoms with Crippen molar-refractivity contribution in [3.8, 4) is 0 Å². The zero-order valence-electron chi connectivity index (χ0n) is 13.5. The van der Waals surface area contributed by atoms with E-state index in [1.165, 1.54) is 24.5 Å². The number of amides is 1. The molecule has 2 aromatic rings. The zero-order valence-corrected chi connectivity index (χ0v) is 14.3. The van der Waals surface area contributed by atoms with Crippen molar-refractivity contribution in [2.75, 3.05) is 13.2 Å². The minimum atomic E-state index is -3.64. The molecule has 0 saturated heterocycles. The van der Waals surface area contributed by atoms with E-state index >= 15 is 0 Å². The van der Waals surface area contributed by atoms with Gasteiger partial charge in [0.05, 0.1) is 17.7 Å². The van der Waals surface area contributed by atoms with Crippen LogP contribution in [0, 0.1) is 0 Å². The molecule has 0 bridgehead atoms. The first-order valence-electron chi connectivity index (χ1n) is 7.70. The summed E-state index contributed by atoms with van der Waals surface area (Å²) in [5.74, 6) is 0.251. The molecule has 3 N–H and O–H groups in total. The third-order valence-corrected chi connectivity index (χ3v) is 4.69. The van der Waals surface area contributed by atoms with Crippen molar-refractivity contribution in [1.29, 1.82) is 0 Å². The lowest BCUT2D eigenvalue weighted by Crippen LogP contribution is -2.23. The Labute approximate surface area is 146 Å². The van der Waals surface area contributed by atoms with Crippen molar-refractivity contribution in [3.63, 3.8) is 0 Å². The highest BCUT2D eigenvalue weighted by atomic mass is 32.2. The first kappa shape index (κ1) is 18.9. The Balaban J connectivity index is 1.93. The first-order valence-corrected chi connectivity index (χ1v) is 9.18. The van der Waals surface area contributed by atoms with Crippen molar-refractivity contribution >= 4 is 22.0 Å². The minimum absolute atomic E-state index is 0.0217. The van der Waals surface area contributed by atoms with Crippen molar-refractivity contribution in [1.82, 2.24) is 10.0 Å². The van der Waals surface area contributed by atoms with Gasteiger partial charge in [-0.2, -0.15) is 0 Å². The Bertz CT molecular complexity index is 796. The summed E-state index contributed by atoms with van der Waals surface area (Å²) in [6.07, 6.45) is 4.92. The van der Waals surface area contributed by atoms with Crippen LogP contribution < -0.4 is 10.0 Å². The summed E-state index contributed by atoms with van der Waals surface area (Å²) < 4.78 is 31.9. The number of hydrogen-bond acceptors (Lipinski definition) is 5. The lowest BCUT2D eigenvalue weighted by atomic mass is 10.2. The van der Waals surface area contributed by atoms with E-state index in [1.54, 1.807) is 30.3 Å². The predicted molar refractivity (Wildman–Crippen MR) is 92.9 cm³/mol. The summed E-state index contributed by atoms with van der Waals surface area (Å²) in [6, 6.07) is 9.52. The zero-order chi connectivity index (χ0) is 18.1. The Morgan fingerprint density at radius 3 is 2.60 bits per heavy atom. The molecule has 0 aliphatic heterocycles. The highest BCUT2D eigenvalue weighted by Crippen LogP contribution is 2.12. The van der Waals surface area contributed by atoms with Crippen LogP contribution >= 0.6 is 0 Å². The molecule has 0 saturated carbocycles. The van der Waals surface area contributed by atoms with Crippen molar-refractivity contribution in [2.24, 2.45) is 0 Å². The fourth-order valence-corrected chi connectivity index (χ4v) is 2.94. The Morgan fingerprint density at radius 1 is 1.20 bits per heavy atom. The summed E-state index contributed by atoms with van der Waals surface area (Å²) in [4.78, 5) is 11.6. The van der Waals surface area contributed by atoms with Gasteiger partial charge in [0.25, 0.3) is 0 Å². The number of hydrogen-bond donors (Lipinski definition) is 3. The smallest absolute Gasteiger partial charge is 0.244 e. The van der Waals surface area contributed by atoms with Crippen LogP contribution in [0.2, 0.25) is 0 Å². The van der Waals surface area contributed by atoms with E-state index in [9.17, 15) is 13.2 Å². The molecule has 7 nitrogen and oxygen atoms in total. The van der Waals surface area contributed by atoms with Gasteiger partial charge in [-0.25, -0.2) is 13.1 Å². The topological polar surface area (TPSA) is 109 Å². The molecule has 0 fully saturated rings.